The number of halogens is 1. The van der Waals surface area contributed by atoms with E-state index in [4.69, 9.17) is 9.47 Å². The third-order valence-electron chi connectivity index (χ3n) is 4.30. The number of rotatable bonds is 8. The molecule has 0 fully saturated rings. The number of ether oxygens (including phenoxy) is 2. The summed E-state index contributed by atoms with van der Waals surface area (Å²) in [5.41, 5.74) is 1.35. The molecule has 2 rings (SSSR count). The first-order valence-corrected chi connectivity index (χ1v) is 10.2. The second-order valence-corrected chi connectivity index (χ2v) is 8.47. The predicted octanol–water partition coefficient (Wildman–Crippen LogP) is 5.25. The Morgan fingerprint density at radius 3 is 2.47 bits per heavy atom. The van der Waals surface area contributed by atoms with E-state index >= 15 is 0 Å². The third kappa shape index (κ3) is 6.62. The zero-order chi connectivity index (χ0) is 22.3. The maximum atomic E-state index is 12.1. The number of nitro groups is 1. The Bertz CT molecular complexity index is 912. The first-order chi connectivity index (χ1) is 14.1. The molecule has 0 aliphatic rings. The first kappa shape index (κ1) is 23.5. The van der Waals surface area contributed by atoms with E-state index in [1.54, 1.807) is 0 Å². The lowest BCUT2D eigenvalue weighted by atomic mass is 9.87. The SMILES string of the molecule is COc1ccc([N+](=O)[O-])cc1NC(=O)NCCCOc1ccc(C(C)(C)C)cc1Br. The summed E-state index contributed by atoms with van der Waals surface area (Å²) in [6, 6.07) is 9.53. The van der Waals surface area contributed by atoms with Gasteiger partial charge in [0, 0.05) is 18.7 Å². The number of nitrogens with zero attached hydrogens (tertiary/aromatic N) is 1. The minimum absolute atomic E-state index is 0.0557. The van der Waals surface area contributed by atoms with Crippen LogP contribution in [0.15, 0.2) is 40.9 Å². The smallest absolute Gasteiger partial charge is 0.319 e. The van der Waals surface area contributed by atoms with Crippen molar-refractivity contribution in [1.82, 2.24) is 5.32 Å². The Morgan fingerprint density at radius 1 is 1.17 bits per heavy atom. The Kier molecular flexibility index (Phi) is 8.05. The van der Waals surface area contributed by atoms with Crippen LogP contribution in [0.4, 0.5) is 16.2 Å². The summed E-state index contributed by atoms with van der Waals surface area (Å²) in [5, 5.41) is 16.2. The van der Waals surface area contributed by atoms with Gasteiger partial charge in [-0.3, -0.25) is 10.1 Å². The van der Waals surface area contributed by atoms with Gasteiger partial charge in [0.1, 0.15) is 11.5 Å². The number of non-ortho nitro benzene ring substituents is 1. The summed E-state index contributed by atoms with van der Waals surface area (Å²) < 4.78 is 11.8. The van der Waals surface area contributed by atoms with Gasteiger partial charge in [0.2, 0.25) is 0 Å². The van der Waals surface area contributed by atoms with Crippen molar-refractivity contribution in [2.24, 2.45) is 0 Å². The highest BCUT2D eigenvalue weighted by Gasteiger charge is 2.16. The van der Waals surface area contributed by atoms with Crippen LogP contribution < -0.4 is 20.1 Å². The van der Waals surface area contributed by atoms with E-state index in [1.165, 1.54) is 30.9 Å². The van der Waals surface area contributed by atoms with Crippen LogP contribution >= 0.6 is 15.9 Å². The number of nitrogens with one attached hydrogen (secondary N) is 2. The average Bonchev–Trinajstić information content (AvgIpc) is 2.67. The maximum Gasteiger partial charge on any atom is 0.319 e. The summed E-state index contributed by atoms with van der Waals surface area (Å²) >= 11 is 3.53. The molecule has 0 saturated carbocycles. The lowest BCUT2D eigenvalue weighted by Crippen LogP contribution is -2.30. The van der Waals surface area contributed by atoms with Crippen molar-refractivity contribution in [3.8, 4) is 11.5 Å². The van der Waals surface area contributed by atoms with E-state index in [2.05, 4.69) is 47.3 Å². The second kappa shape index (κ2) is 10.3. The van der Waals surface area contributed by atoms with E-state index in [-0.39, 0.29) is 16.8 Å². The predicted molar refractivity (Wildman–Crippen MR) is 120 cm³/mol. The van der Waals surface area contributed by atoms with Gasteiger partial charge in [-0.15, -0.1) is 0 Å². The molecule has 2 aromatic carbocycles. The maximum absolute atomic E-state index is 12.1. The Balaban J connectivity index is 1.81. The average molecular weight is 480 g/mol. The van der Waals surface area contributed by atoms with Gasteiger partial charge >= 0.3 is 6.03 Å². The topological polar surface area (TPSA) is 103 Å². The fraction of sp³-hybridized carbons (Fsp3) is 0.381. The molecule has 2 N–H and O–H groups in total. The number of urea groups is 1. The summed E-state index contributed by atoms with van der Waals surface area (Å²) in [7, 11) is 1.42. The standard InChI is InChI=1S/C21H26BrN3O5/c1-21(2,3)14-6-8-18(16(22)12-14)30-11-5-10-23-20(26)24-17-13-15(25(27)28)7-9-19(17)29-4/h6-9,12-13H,5,10-11H2,1-4H3,(H2,23,24,26). The molecule has 0 heterocycles. The minimum Gasteiger partial charge on any atom is -0.495 e. The molecule has 0 unspecified atom stereocenters. The molecule has 8 nitrogen and oxygen atoms in total. The van der Waals surface area contributed by atoms with Gasteiger partial charge in [-0.1, -0.05) is 26.8 Å². The van der Waals surface area contributed by atoms with Crippen molar-refractivity contribution in [3.63, 3.8) is 0 Å². The number of hydrogen-bond acceptors (Lipinski definition) is 5. The fourth-order valence-corrected chi connectivity index (χ4v) is 3.11. The van der Waals surface area contributed by atoms with Gasteiger partial charge < -0.3 is 20.1 Å². The minimum atomic E-state index is -0.536. The van der Waals surface area contributed by atoms with Crippen LogP contribution in [0.5, 0.6) is 11.5 Å². The number of anilines is 1. The molecule has 2 amide bonds. The highest BCUT2D eigenvalue weighted by Crippen LogP contribution is 2.31. The highest BCUT2D eigenvalue weighted by atomic mass is 79.9. The molecule has 30 heavy (non-hydrogen) atoms. The van der Waals surface area contributed by atoms with E-state index in [1.807, 2.05) is 18.2 Å². The van der Waals surface area contributed by atoms with Crippen LogP contribution in [-0.2, 0) is 5.41 Å². The summed E-state index contributed by atoms with van der Waals surface area (Å²) in [6.07, 6.45) is 0.590. The summed E-state index contributed by atoms with van der Waals surface area (Å²) in [5.74, 6) is 1.08. The number of carbonyl (C=O) groups is 1. The number of hydrogen-bond donors (Lipinski definition) is 2. The molecular formula is C21H26BrN3O5. The van der Waals surface area contributed by atoms with Crippen molar-refractivity contribution < 1.29 is 19.2 Å². The summed E-state index contributed by atoms with van der Waals surface area (Å²) in [4.78, 5) is 22.5. The highest BCUT2D eigenvalue weighted by molar-refractivity contribution is 9.10. The lowest BCUT2D eigenvalue weighted by Gasteiger charge is -2.20. The van der Waals surface area contributed by atoms with Crippen LogP contribution in [0.2, 0.25) is 0 Å². The number of benzene rings is 2. The van der Waals surface area contributed by atoms with Gasteiger partial charge in [-0.2, -0.15) is 0 Å². The molecule has 0 atom stereocenters. The molecule has 162 valence electrons. The molecule has 0 saturated heterocycles. The normalized spacial score (nSPS) is 11.0. The first-order valence-electron chi connectivity index (χ1n) is 9.42. The zero-order valence-electron chi connectivity index (χ0n) is 17.5. The van der Waals surface area contributed by atoms with E-state index in [9.17, 15) is 14.9 Å². The molecule has 0 aromatic heterocycles. The zero-order valence-corrected chi connectivity index (χ0v) is 19.0. The Hall–Kier alpha value is -2.81. The van der Waals surface area contributed by atoms with Crippen molar-refractivity contribution in [2.45, 2.75) is 32.6 Å². The van der Waals surface area contributed by atoms with Crippen LogP contribution in [-0.4, -0.2) is 31.2 Å². The Morgan fingerprint density at radius 2 is 1.87 bits per heavy atom. The molecule has 9 heteroatoms. The molecule has 0 aliphatic carbocycles. The molecular weight excluding hydrogens is 454 g/mol. The van der Waals surface area contributed by atoms with E-state index in [0.29, 0.717) is 25.3 Å². The van der Waals surface area contributed by atoms with Crippen LogP contribution in [0.3, 0.4) is 0 Å². The monoisotopic (exact) mass is 479 g/mol. The molecule has 0 radical (unpaired) electrons. The van der Waals surface area contributed by atoms with Crippen LogP contribution in [0.1, 0.15) is 32.8 Å². The number of methoxy groups -OCH3 is 1. The van der Waals surface area contributed by atoms with Gasteiger partial charge in [0.05, 0.1) is 28.8 Å². The molecule has 0 aliphatic heterocycles. The number of nitro benzene ring substituents is 1. The van der Waals surface area contributed by atoms with E-state index in [0.717, 1.165) is 10.2 Å². The number of carbonyl (C=O) groups excluding carboxylic acids is 1. The second-order valence-electron chi connectivity index (χ2n) is 7.62. The number of amides is 2. The Labute approximate surface area is 184 Å². The van der Waals surface area contributed by atoms with Crippen molar-refractivity contribution in [3.05, 3.63) is 56.5 Å². The molecule has 0 spiro atoms. The fourth-order valence-electron chi connectivity index (χ4n) is 2.61. The van der Waals surface area contributed by atoms with Crippen molar-refractivity contribution >= 4 is 33.3 Å². The summed E-state index contributed by atoms with van der Waals surface area (Å²) in [6.45, 7) is 7.24. The van der Waals surface area contributed by atoms with Crippen molar-refractivity contribution in [2.75, 3.05) is 25.6 Å². The largest absolute Gasteiger partial charge is 0.495 e. The molecule has 2 aromatic rings. The van der Waals surface area contributed by atoms with Crippen LogP contribution in [0, 0.1) is 10.1 Å². The molecule has 0 bridgehead atoms. The quantitative estimate of drug-likeness (QED) is 0.305. The van der Waals surface area contributed by atoms with Gasteiger partial charge in [0.15, 0.2) is 0 Å². The van der Waals surface area contributed by atoms with Gasteiger partial charge in [0.25, 0.3) is 5.69 Å². The van der Waals surface area contributed by atoms with E-state index < -0.39 is 11.0 Å². The van der Waals surface area contributed by atoms with Crippen molar-refractivity contribution in [1.29, 1.82) is 0 Å². The van der Waals surface area contributed by atoms with Crippen LogP contribution in [0.25, 0.3) is 0 Å². The third-order valence-corrected chi connectivity index (χ3v) is 4.92. The lowest BCUT2D eigenvalue weighted by molar-refractivity contribution is -0.384. The van der Waals surface area contributed by atoms with Gasteiger partial charge in [-0.05, 0) is 51.5 Å². The van der Waals surface area contributed by atoms with Gasteiger partial charge in [-0.25, -0.2) is 4.79 Å².